The van der Waals surface area contributed by atoms with Crippen molar-refractivity contribution in [1.82, 2.24) is 0 Å². The van der Waals surface area contributed by atoms with E-state index in [4.69, 9.17) is 17.1 Å². The first kappa shape index (κ1) is 52.2. The van der Waals surface area contributed by atoms with Crippen LogP contribution in [0.15, 0.2) is 0 Å². The minimum Gasteiger partial charge on any atom is -0.630 e. The first-order valence-electron chi connectivity index (χ1n) is 14.0. The zero-order chi connectivity index (χ0) is 32.1. The topological polar surface area (TPSA) is 55.1 Å². The van der Waals surface area contributed by atoms with E-state index in [1.54, 1.807) is 0 Å². The highest BCUT2D eigenvalue weighted by atomic mass is 28.4. The van der Waals surface area contributed by atoms with Crippen molar-refractivity contribution >= 4 is 66.3 Å². The van der Waals surface area contributed by atoms with Crippen molar-refractivity contribution in [3.8, 4) is 0 Å². The molecular formula is C26H82O4Si8+2. The first-order valence-corrected chi connectivity index (χ1v) is 42.1. The highest BCUT2D eigenvalue weighted by molar-refractivity contribution is 6.84. The van der Waals surface area contributed by atoms with Crippen LogP contribution in [0.25, 0.3) is 0 Å². The zero-order valence-electron chi connectivity index (χ0n) is 32.7. The molecule has 0 aromatic carbocycles. The van der Waals surface area contributed by atoms with Crippen LogP contribution in [-0.2, 0) is 4.12 Å². The first-order chi connectivity index (χ1) is 15.1. The molecular weight excluding hydrogens is 601 g/mol. The van der Waals surface area contributed by atoms with E-state index in [0.717, 1.165) is 0 Å². The lowest BCUT2D eigenvalue weighted by Gasteiger charge is -2.27. The van der Waals surface area contributed by atoms with Gasteiger partial charge in [-0.05, 0) is 58.9 Å². The molecule has 4 nitrogen and oxygen atoms in total. The van der Waals surface area contributed by atoms with Crippen LogP contribution in [0.5, 0.6) is 0 Å². The van der Waals surface area contributed by atoms with Crippen molar-refractivity contribution in [1.29, 1.82) is 0 Å². The second-order valence-electron chi connectivity index (χ2n) is 18.4. The van der Waals surface area contributed by atoms with Gasteiger partial charge in [0.2, 0.25) is 0 Å². The molecule has 0 fully saturated rings. The summed E-state index contributed by atoms with van der Waals surface area (Å²) >= 11 is 0. The van der Waals surface area contributed by atoms with Gasteiger partial charge in [-0.25, -0.2) is 0 Å². The van der Waals surface area contributed by atoms with Gasteiger partial charge >= 0.3 is 34.7 Å². The molecule has 3 N–H and O–H groups in total. The van der Waals surface area contributed by atoms with E-state index in [2.05, 4.69) is 144 Å². The molecule has 0 heterocycles. The Morgan fingerprint density at radius 1 is 0.395 bits per heavy atom. The number of rotatable bonds is 6. The van der Waals surface area contributed by atoms with Gasteiger partial charge in [0.15, 0.2) is 25.0 Å². The normalized spacial score (nSPS) is 13.1. The summed E-state index contributed by atoms with van der Waals surface area (Å²) in [7, 11) is -9.11. The molecule has 0 aliphatic heterocycles. The van der Waals surface area contributed by atoms with E-state index in [9.17, 15) is 0 Å². The molecule has 0 unspecified atom stereocenters. The molecule has 0 saturated carbocycles. The van der Waals surface area contributed by atoms with Crippen molar-refractivity contribution < 1.29 is 18.6 Å². The van der Waals surface area contributed by atoms with Gasteiger partial charge in [-0.15, -0.1) is 0 Å². The highest BCUT2D eigenvalue weighted by Gasteiger charge is 2.34. The van der Waals surface area contributed by atoms with Gasteiger partial charge in [-0.2, -0.15) is 0 Å². The Morgan fingerprint density at radius 3 is 0.500 bits per heavy atom. The predicted molar refractivity (Wildman–Crippen MR) is 208 cm³/mol. The summed E-state index contributed by atoms with van der Waals surface area (Å²) in [4.78, 5) is 8.66. The third-order valence-electron chi connectivity index (χ3n) is 1.95. The minimum atomic E-state index is -1.61. The predicted octanol–water partition coefficient (Wildman–Crippen LogP) is 10.4. The van der Waals surface area contributed by atoms with E-state index in [1.807, 2.05) is 19.6 Å². The SMILES string of the molecule is C[Si](C)(C)C.C[Si](C)(C)O.C[Si](C)(C)O[Si](C)(C)C.C[Si](C)(C)[OH+][Si](C)(C)C.C[Si](C)(C)[OH+][Si](C)(C)C.[CH3-].[H+]. The van der Waals surface area contributed by atoms with Gasteiger partial charge in [-0.3, -0.25) is 0 Å². The molecule has 0 rings (SSSR count). The number of hydrogen-bond acceptors (Lipinski definition) is 2. The summed E-state index contributed by atoms with van der Waals surface area (Å²) in [6.45, 7) is 56.0. The van der Waals surface area contributed by atoms with Crippen LogP contribution < -0.4 is 0 Å². The van der Waals surface area contributed by atoms with E-state index < -0.39 is 66.3 Å². The van der Waals surface area contributed by atoms with Crippen molar-refractivity contribution in [2.45, 2.75) is 164 Å². The van der Waals surface area contributed by atoms with Crippen LogP contribution in [0.3, 0.4) is 0 Å². The Bertz CT molecular complexity index is 433. The Labute approximate surface area is 254 Å². The van der Waals surface area contributed by atoms with Crippen molar-refractivity contribution in [3.63, 3.8) is 0 Å². The molecule has 12 heteroatoms. The Balaban J connectivity index is -0.0000000663. The van der Waals surface area contributed by atoms with Gasteiger partial charge in [0, 0.05) is 86.6 Å². The molecule has 0 aliphatic carbocycles. The maximum Gasteiger partial charge on any atom is 1.00 e. The molecule has 0 aromatic heterocycles. The van der Waals surface area contributed by atoms with Gasteiger partial charge < -0.3 is 24.6 Å². The van der Waals surface area contributed by atoms with Crippen LogP contribution in [0.4, 0.5) is 0 Å². The summed E-state index contributed by atoms with van der Waals surface area (Å²) in [5, 5.41) is 0. The highest BCUT2D eigenvalue weighted by Crippen LogP contribution is 2.12. The van der Waals surface area contributed by atoms with Crippen LogP contribution in [0, 0.1) is 7.43 Å². The van der Waals surface area contributed by atoms with E-state index in [1.165, 1.54) is 0 Å². The molecule has 0 spiro atoms. The molecule has 0 aromatic rings. The van der Waals surface area contributed by atoms with Crippen molar-refractivity contribution in [2.24, 2.45) is 0 Å². The van der Waals surface area contributed by atoms with Crippen LogP contribution >= 0.6 is 0 Å². The fourth-order valence-corrected chi connectivity index (χ4v) is 26.4. The molecule has 0 atom stereocenters. The van der Waals surface area contributed by atoms with Crippen molar-refractivity contribution in [3.05, 3.63) is 7.43 Å². The average molecular weight is 684 g/mol. The summed E-state index contributed by atoms with van der Waals surface area (Å²) in [6, 6.07) is 0. The van der Waals surface area contributed by atoms with Gasteiger partial charge in [0.25, 0.3) is 0 Å². The summed E-state index contributed by atoms with van der Waals surface area (Å²) in [6.07, 6.45) is 0. The minimum absolute atomic E-state index is 0. The van der Waals surface area contributed by atoms with E-state index in [0.29, 0.717) is 0 Å². The third-order valence-corrected chi connectivity index (χ3v) is 17.6. The fraction of sp³-hybridized carbons (Fsp3) is 0.962. The molecule has 38 heavy (non-hydrogen) atoms. The van der Waals surface area contributed by atoms with Crippen molar-refractivity contribution in [2.75, 3.05) is 0 Å². The van der Waals surface area contributed by atoms with E-state index in [-0.39, 0.29) is 8.85 Å². The second kappa shape index (κ2) is 19.7. The summed E-state index contributed by atoms with van der Waals surface area (Å²) in [5.74, 6) is 0. The lowest BCUT2D eigenvalue weighted by Crippen LogP contribution is -2.44. The Hall–Kier alpha value is 1.58. The number of hydrogen-bond donors (Lipinski definition) is 1. The molecule has 240 valence electrons. The standard InChI is InChI=1S/3C6H18OSi2.C4H12Si.C3H10OSi.CH3/c3*1-8(2,3)7-9(4,5)6;2*1-5(2,3)4;/h3*1-6H3;1-4H3;4H,1-3H3;1H3/q;;;;;-1/p+3. The smallest absolute Gasteiger partial charge is 0.630 e. The Kier molecular flexibility index (Phi) is 27.1. The second-order valence-corrected chi connectivity index (χ2v) is 57.2. The van der Waals surface area contributed by atoms with Gasteiger partial charge in [0.05, 0.1) is 0 Å². The monoisotopic (exact) mass is 682 g/mol. The quantitative estimate of drug-likeness (QED) is 0.172. The summed E-state index contributed by atoms with van der Waals surface area (Å²) < 4.78 is 15.5. The maximum absolute atomic E-state index is 8.66. The molecule has 0 saturated heterocycles. The Morgan fingerprint density at radius 2 is 0.500 bits per heavy atom. The maximum atomic E-state index is 8.66. The summed E-state index contributed by atoms with van der Waals surface area (Å²) in [5.41, 5.74) is 0. The lowest BCUT2D eigenvalue weighted by molar-refractivity contribution is 0.341. The molecule has 0 bridgehead atoms. The lowest BCUT2D eigenvalue weighted by atomic mass is 11.8. The molecule has 0 amide bonds. The van der Waals surface area contributed by atoms with Crippen LogP contribution in [-0.4, -0.2) is 79.3 Å². The average Bonchev–Trinajstić information content (AvgIpc) is 2.18. The fourth-order valence-electron chi connectivity index (χ4n) is 2.93. The van der Waals surface area contributed by atoms with Gasteiger partial charge in [0.1, 0.15) is 0 Å². The van der Waals surface area contributed by atoms with E-state index >= 15 is 0 Å². The van der Waals surface area contributed by atoms with Gasteiger partial charge in [-0.1, -0.05) is 26.2 Å². The zero-order valence-corrected chi connectivity index (χ0v) is 39.7. The molecule has 0 radical (unpaired) electrons. The largest absolute Gasteiger partial charge is 1.00 e. The van der Waals surface area contributed by atoms with Crippen LogP contribution in [0.1, 0.15) is 1.43 Å². The third kappa shape index (κ3) is 131. The molecule has 0 aliphatic rings. The van der Waals surface area contributed by atoms with Crippen LogP contribution in [0.2, 0.25) is 164 Å².